The number of fused-ring (bicyclic) bond motifs is 4. The number of hydrogen-bond donors (Lipinski definition) is 0. The average molecular weight is 522 g/mol. The highest BCUT2D eigenvalue weighted by Gasteiger charge is 2.42. The maximum absolute atomic E-state index is 9.99. The second-order valence-electron chi connectivity index (χ2n) is 10.3. The summed E-state index contributed by atoms with van der Waals surface area (Å²) in [5, 5.41) is 9.99. The topological polar surface area (TPSA) is 43.2 Å². The molecule has 0 atom stereocenters. The summed E-state index contributed by atoms with van der Waals surface area (Å²) < 4.78 is 0. The Bertz CT molecular complexity index is 1980. The van der Waals surface area contributed by atoms with Crippen molar-refractivity contribution >= 4 is 57.2 Å². The Morgan fingerprint density at radius 3 is 1.71 bits per heavy atom. The molecule has 5 heteroatoms. The van der Waals surface area contributed by atoms with Crippen molar-refractivity contribution in [2.45, 2.75) is 0 Å². The van der Waals surface area contributed by atoms with Gasteiger partial charge in [-0.1, -0.05) is 91.0 Å². The standard InChI is InChI=1S/C36H23BN4/c38-24-26-22-28(23-31(39-26)25-12-3-1-4-13-25)41-33-19-10-8-17-30(33)37-29-16-7-9-18-32(29)40(27-14-5-2-6-15-27)34-20-11-21-35(41)36(34)37/h1-23H. The number of nitrogens with zero attached hydrogens (tertiary/aromatic N) is 4. The third-order valence-electron chi connectivity index (χ3n) is 8.07. The summed E-state index contributed by atoms with van der Waals surface area (Å²) in [7, 11) is 0. The first kappa shape index (κ1) is 23.3. The zero-order valence-corrected chi connectivity index (χ0v) is 22.1. The average Bonchev–Trinajstić information content (AvgIpc) is 3.05. The van der Waals surface area contributed by atoms with E-state index in [1.165, 1.54) is 22.1 Å². The van der Waals surface area contributed by atoms with Gasteiger partial charge in [-0.15, -0.1) is 0 Å². The molecule has 5 aromatic carbocycles. The molecule has 190 valence electrons. The van der Waals surface area contributed by atoms with Gasteiger partial charge >= 0.3 is 0 Å². The fourth-order valence-electron chi connectivity index (χ4n) is 6.43. The van der Waals surface area contributed by atoms with Gasteiger partial charge in [0.05, 0.1) is 11.4 Å². The van der Waals surface area contributed by atoms with Crippen LogP contribution in [0.5, 0.6) is 0 Å². The molecule has 41 heavy (non-hydrogen) atoms. The van der Waals surface area contributed by atoms with Crippen molar-refractivity contribution in [3.63, 3.8) is 0 Å². The first-order valence-electron chi connectivity index (χ1n) is 13.8. The zero-order chi connectivity index (χ0) is 27.3. The number of nitriles is 1. The molecule has 0 saturated carbocycles. The Morgan fingerprint density at radius 2 is 1.07 bits per heavy atom. The molecule has 0 aliphatic carbocycles. The SMILES string of the molecule is N#Cc1cc(N2c3ccccc3B3c4ccccc4N(c4ccccc4)c4cccc2c43)cc(-c2ccccc2)n1. The molecule has 0 bridgehead atoms. The van der Waals surface area contributed by atoms with Gasteiger partial charge in [0.1, 0.15) is 11.8 Å². The molecule has 6 aromatic rings. The van der Waals surface area contributed by atoms with Crippen LogP contribution >= 0.6 is 0 Å². The number of rotatable bonds is 3. The summed E-state index contributed by atoms with van der Waals surface area (Å²) in [6.07, 6.45) is 0. The summed E-state index contributed by atoms with van der Waals surface area (Å²) in [5.41, 5.74) is 12.5. The molecular formula is C36H23BN4. The number of benzene rings is 5. The van der Waals surface area contributed by atoms with E-state index in [0.717, 1.165) is 39.7 Å². The first-order valence-corrected chi connectivity index (χ1v) is 13.8. The van der Waals surface area contributed by atoms with E-state index in [4.69, 9.17) is 0 Å². The van der Waals surface area contributed by atoms with Crippen LogP contribution in [-0.4, -0.2) is 11.7 Å². The van der Waals surface area contributed by atoms with E-state index < -0.39 is 0 Å². The number of para-hydroxylation sites is 3. The molecule has 4 nitrogen and oxygen atoms in total. The van der Waals surface area contributed by atoms with Crippen LogP contribution in [0.15, 0.2) is 140 Å². The number of pyridine rings is 1. The molecule has 0 unspecified atom stereocenters. The summed E-state index contributed by atoms with van der Waals surface area (Å²) in [6, 6.07) is 50.9. The van der Waals surface area contributed by atoms with Crippen molar-refractivity contribution < 1.29 is 0 Å². The van der Waals surface area contributed by atoms with E-state index in [0.29, 0.717) is 5.69 Å². The van der Waals surface area contributed by atoms with E-state index in [1.54, 1.807) is 0 Å². The first-order chi connectivity index (χ1) is 20.3. The molecule has 8 rings (SSSR count). The van der Waals surface area contributed by atoms with E-state index in [1.807, 2.05) is 36.4 Å². The van der Waals surface area contributed by atoms with Crippen molar-refractivity contribution in [3.8, 4) is 17.3 Å². The lowest BCUT2D eigenvalue weighted by Crippen LogP contribution is -2.61. The summed E-state index contributed by atoms with van der Waals surface area (Å²) in [4.78, 5) is 9.35. The Morgan fingerprint density at radius 1 is 0.537 bits per heavy atom. The number of anilines is 6. The maximum atomic E-state index is 9.99. The largest absolute Gasteiger partial charge is 0.311 e. The monoisotopic (exact) mass is 522 g/mol. The van der Waals surface area contributed by atoms with Gasteiger partial charge in [-0.3, -0.25) is 0 Å². The van der Waals surface area contributed by atoms with Crippen molar-refractivity contribution in [2.75, 3.05) is 9.80 Å². The van der Waals surface area contributed by atoms with Crippen LogP contribution in [0.25, 0.3) is 11.3 Å². The van der Waals surface area contributed by atoms with Crippen molar-refractivity contribution in [3.05, 3.63) is 145 Å². The smallest absolute Gasteiger partial charge is 0.252 e. The Balaban J connectivity index is 1.42. The summed E-state index contributed by atoms with van der Waals surface area (Å²) in [5.74, 6) is 0. The van der Waals surface area contributed by atoms with Crippen molar-refractivity contribution in [1.29, 1.82) is 5.26 Å². The van der Waals surface area contributed by atoms with Crippen molar-refractivity contribution in [1.82, 2.24) is 4.98 Å². The fourth-order valence-corrected chi connectivity index (χ4v) is 6.43. The van der Waals surface area contributed by atoms with Gasteiger partial charge in [-0.25, -0.2) is 4.98 Å². The lowest BCUT2D eigenvalue weighted by Gasteiger charge is -2.44. The van der Waals surface area contributed by atoms with Gasteiger partial charge in [-0.05, 0) is 64.9 Å². The van der Waals surface area contributed by atoms with Gasteiger partial charge in [0.15, 0.2) is 0 Å². The fraction of sp³-hybridized carbons (Fsp3) is 0. The van der Waals surface area contributed by atoms with E-state index >= 15 is 0 Å². The van der Waals surface area contributed by atoms with Crippen LogP contribution in [-0.2, 0) is 0 Å². The lowest BCUT2D eigenvalue weighted by molar-refractivity contribution is 1.21. The van der Waals surface area contributed by atoms with Crippen molar-refractivity contribution in [2.24, 2.45) is 0 Å². The lowest BCUT2D eigenvalue weighted by atomic mass is 9.33. The Hall–Kier alpha value is -5.60. The molecular weight excluding hydrogens is 499 g/mol. The molecule has 3 heterocycles. The zero-order valence-electron chi connectivity index (χ0n) is 22.1. The molecule has 0 N–H and O–H groups in total. The van der Waals surface area contributed by atoms with Crippen LogP contribution in [0.1, 0.15) is 5.69 Å². The summed E-state index contributed by atoms with van der Waals surface area (Å²) in [6.45, 7) is 0.0793. The van der Waals surface area contributed by atoms with Crippen LogP contribution in [0.4, 0.5) is 34.1 Å². The molecule has 0 spiro atoms. The number of aromatic nitrogens is 1. The minimum Gasteiger partial charge on any atom is -0.311 e. The molecule has 0 radical (unpaired) electrons. The van der Waals surface area contributed by atoms with Crippen LogP contribution < -0.4 is 26.2 Å². The Kier molecular flexibility index (Phi) is 5.26. The highest BCUT2D eigenvalue weighted by atomic mass is 15.2. The molecule has 0 fully saturated rings. The van der Waals surface area contributed by atoms with Crippen LogP contribution in [0.3, 0.4) is 0 Å². The molecule has 2 aliphatic heterocycles. The minimum absolute atomic E-state index is 0.0793. The Labute approximate surface area is 239 Å². The molecule has 1 aromatic heterocycles. The van der Waals surface area contributed by atoms with Gasteiger partial charge in [0.2, 0.25) is 0 Å². The third kappa shape index (κ3) is 3.58. The molecule has 2 aliphatic rings. The number of hydrogen-bond acceptors (Lipinski definition) is 4. The van der Waals surface area contributed by atoms with E-state index in [9.17, 15) is 5.26 Å². The minimum atomic E-state index is 0.0793. The quantitative estimate of drug-likeness (QED) is 0.242. The predicted molar refractivity (Wildman–Crippen MR) is 168 cm³/mol. The van der Waals surface area contributed by atoms with Gasteiger partial charge in [0.25, 0.3) is 6.71 Å². The maximum Gasteiger partial charge on any atom is 0.252 e. The summed E-state index contributed by atoms with van der Waals surface area (Å²) >= 11 is 0. The highest BCUT2D eigenvalue weighted by molar-refractivity contribution is 7.00. The normalized spacial score (nSPS) is 12.7. The van der Waals surface area contributed by atoms with E-state index in [-0.39, 0.29) is 6.71 Å². The van der Waals surface area contributed by atoms with Gasteiger partial charge in [0, 0.05) is 34.0 Å². The highest BCUT2D eigenvalue weighted by Crippen LogP contribution is 2.44. The molecule has 0 amide bonds. The second kappa shape index (κ2) is 9.26. The third-order valence-corrected chi connectivity index (χ3v) is 8.07. The second-order valence-corrected chi connectivity index (χ2v) is 10.3. The van der Waals surface area contributed by atoms with Gasteiger partial charge in [-0.2, -0.15) is 5.26 Å². The van der Waals surface area contributed by atoms with Crippen LogP contribution in [0.2, 0.25) is 0 Å². The molecule has 0 saturated heterocycles. The predicted octanol–water partition coefficient (Wildman–Crippen LogP) is 6.70. The van der Waals surface area contributed by atoms with Crippen LogP contribution in [0, 0.1) is 11.3 Å². The van der Waals surface area contributed by atoms with E-state index in [2.05, 4.69) is 124 Å². The van der Waals surface area contributed by atoms with Gasteiger partial charge < -0.3 is 9.80 Å².